The van der Waals surface area contributed by atoms with Gasteiger partial charge in [0.1, 0.15) is 0 Å². The van der Waals surface area contributed by atoms with E-state index in [2.05, 4.69) is 10.00 Å². The van der Waals surface area contributed by atoms with Gasteiger partial charge in [0.05, 0.1) is 31.9 Å². The zero-order valence-electron chi connectivity index (χ0n) is 15.4. The van der Waals surface area contributed by atoms with Crippen LogP contribution in [0.1, 0.15) is 22.3 Å². The molecule has 2 fully saturated rings. The van der Waals surface area contributed by atoms with Crippen molar-refractivity contribution in [3.05, 3.63) is 53.9 Å². The van der Waals surface area contributed by atoms with Crippen molar-refractivity contribution in [2.24, 2.45) is 0 Å². The molecule has 0 aliphatic carbocycles. The highest BCUT2D eigenvalue weighted by Crippen LogP contribution is 2.17. The SMILES string of the molecule is O=C(c1cccc(Cn2cccn2)c1)N1CCCN([C@@H]2COC[C@H]2O)CC1. The second-order valence-corrected chi connectivity index (χ2v) is 7.26. The van der Waals surface area contributed by atoms with Gasteiger partial charge in [0, 0.05) is 44.1 Å². The van der Waals surface area contributed by atoms with Crippen molar-refractivity contribution in [2.45, 2.75) is 25.1 Å². The summed E-state index contributed by atoms with van der Waals surface area (Å²) in [5.41, 5.74) is 1.78. The predicted octanol–water partition coefficient (Wildman–Crippen LogP) is 0.839. The number of carbonyl (C=O) groups is 1. The van der Waals surface area contributed by atoms with Crippen LogP contribution in [-0.2, 0) is 11.3 Å². The van der Waals surface area contributed by atoms with Crippen LogP contribution >= 0.6 is 0 Å². The molecule has 144 valence electrons. The molecule has 7 nitrogen and oxygen atoms in total. The number of rotatable bonds is 4. The molecule has 0 saturated carbocycles. The van der Waals surface area contributed by atoms with Crippen LogP contribution < -0.4 is 0 Å². The molecule has 2 aromatic rings. The van der Waals surface area contributed by atoms with Crippen LogP contribution in [0.3, 0.4) is 0 Å². The maximum absolute atomic E-state index is 13.0. The molecule has 0 bridgehead atoms. The van der Waals surface area contributed by atoms with Gasteiger partial charge >= 0.3 is 0 Å². The number of ether oxygens (including phenoxy) is 1. The van der Waals surface area contributed by atoms with Crippen LogP contribution in [0.2, 0.25) is 0 Å². The quantitative estimate of drug-likeness (QED) is 0.864. The third kappa shape index (κ3) is 4.21. The maximum Gasteiger partial charge on any atom is 0.253 e. The zero-order chi connectivity index (χ0) is 18.6. The molecule has 4 rings (SSSR count). The van der Waals surface area contributed by atoms with Crippen LogP contribution in [0.5, 0.6) is 0 Å². The van der Waals surface area contributed by atoms with E-state index in [1.165, 1.54) is 0 Å². The molecule has 0 spiro atoms. The first-order valence-electron chi connectivity index (χ1n) is 9.56. The summed E-state index contributed by atoms with van der Waals surface area (Å²) in [4.78, 5) is 17.2. The first kappa shape index (κ1) is 18.2. The van der Waals surface area contributed by atoms with Crippen molar-refractivity contribution < 1.29 is 14.6 Å². The van der Waals surface area contributed by atoms with Gasteiger partial charge in [-0.15, -0.1) is 0 Å². The summed E-state index contributed by atoms with van der Waals surface area (Å²) in [5, 5.41) is 14.3. The van der Waals surface area contributed by atoms with Crippen molar-refractivity contribution in [3.63, 3.8) is 0 Å². The van der Waals surface area contributed by atoms with E-state index in [9.17, 15) is 9.90 Å². The second-order valence-electron chi connectivity index (χ2n) is 7.26. The third-order valence-electron chi connectivity index (χ3n) is 5.39. The molecular weight excluding hydrogens is 344 g/mol. The van der Waals surface area contributed by atoms with E-state index >= 15 is 0 Å². The fourth-order valence-electron chi connectivity index (χ4n) is 3.92. The molecule has 7 heteroatoms. The summed E-state index contributed by atoms with van der Waals surface area (Å²) in [5.74, 6) is 0.0717. The van der Waals surface area contributed by atoms with E-state index in [4.69, 9.17) is 4.74 Å². The van der Waals surface area contributed by atoms with E-state index in [0.29, 0.717) is 26.3 Å². The Balaban J connectivity index is 1.40. The molecule has 2 aliphatic rings. The van der Waals surface area contributed by atoms with Crippen molar-refractivity contribution >= 4 is 5.91 Å². The fraction of sp³-hybridized carbons (Fsp3) is 0.500. The Hall–Kier alpha value is -2.22. The van der Waals surface area contributed by atoms with Crippen molar-refractivity contribution in [2.75, 3.05) is 39.4 Å². The number of aliphatic hydroxyl groups excluding tert-OH is 1. The highest BCUT2D eigenvalue weighted by Gasteiger charge is 2.33. The Morgan fingerprint density at radius 1 is 1.19 bits per heavy atom. The molecule has 0 radical (unpaired) electrons. The Bertz CT molecular complexity index is 764. The number of benzene rings is 1. The summed E-state index contributed by atoms with van der Waals surface area (Å²) < 4.78 is 7.23. The minimum absolute atomic E-state index is 0.0532. The number of aliphatic hydroxyl groups is 1. The molecule has 2 saturated heterocycles. The van der Waals surface area contributed by atoms with Gasteiger partial charge in [0.2, 0.25) is 0 Å². The van der Waals surface area contributed by atoms with Crippen LogP contribution in [0.25, 0.3) is 0 Å². The van der Waals surface area contributed by atoms with E-state index in [0.717, 1.165) is 37.2 Å². The monoisotopic (exact) mass is 370 g/mol. The van der Waals surface area contributed by atoms with E-state index in [1.807, 2.05) is 46.1 Å². The molecule has 0 unspecified atom stereocenters. The van der Waals surface area contributed by atoms with Gasteiger partial charge in [-0.05, 0) is 30.2 Å². The predicted molar refractivity (Wildman–Crippen MR) is 100 cm³/mol. The van der Waals surface area contributed by atoms with Gasteiger partial charge in [0.15, 0.2) is 0 Å². The Morgan fingerprint density at radius 3 is 2.89 bits per heavy atom. The van der Waals surface area contributed by atoms with E-state index < -0.39 is 6.10 Å². The van der Waals surface area contributed by atoms with Gasteiger partial charge in [-0.1, -0.05) is 12.1 Å². The van der Waals surface area contributed by atoms with Gasteiger partial charge in [-0.3, -0.25) is 14.4 Å². The first-order valence-corrected chi connectivity index (χ1v) is 9.56. The maximum atomic E-state index is 13.0. The van der Waals surface area contributed by atoms with Crippen molar-refractivity contribution in [1.82, 2.24) is 19.6 Å². The molecule has 3 heterocycles. The zero-order valence-corrected chi connectivity index (χ0v) is 15.4. The lowest BCUT2D eigenvalue weighted by Crippen LogP contribution is -2.45. The third-order valence-corrected chi connectivity index (χ3v) is 5.39. The Morgan fingerprint density at radius 2 is 2.11 bits per heavy atom. The Kier molecular flexibility index (Phi) is 5.52. The molecule has 2 aliphatic heterocycles. The molecule has 1 aromatic heterocycles. The summed E-state index contributed by atoms with van der Waals surface area (Å²) >= 11 is 0. The average Bonchev–Trinajstić information content (AvgIpc) is 3.28. The molecular formula is C20H26N4O3. The molecule has 27 heavy (non-hydrogen) atoms. The fourth-order valence-corrected chi connectivity index (χ4v) is 3.92. The lowest BCUT2D eigenvalue weighted by molar-refractivity contribution is 0.0725. The lowest BCUT2D eigenvalue weighted by atomic mass is 10.1. The van der Waals surface area contributed by atoms with E-state index in [1.54, 1.807) is 6.20 Å². The minimum atomic E-state index is -0.425. The van der Waals surface area contributed by atoms with Gasteiger partial charge in [-0.25, -0.2) is 0 Å². The van der Waals surface area contributed by atoms with E-state index in [-0.39, 0.29) is 11.9 Å². The molecule has 1 aromatic carbocycles. The largest absolute Gasteiger partial charge is 0.389 e. The smallest absolute Gasteiger partial charge is 0.253 e. The van der Waals surface area contributed by atoms with Crippen molar-refractivity contribution in [1.29, 1.82) is 0 Å². The number of aromatic nitrogens is 2. The number of carbonyl (C=O) groups excluding carboxylic acids is 1. The summed E-state index contributed by atoms with van der Waals surface area (Å²) in [7, 11) is 0. The lowest BCUT2D eigenvalue weighted by Gasteiger charge is -2.28. The van der Waals surface area contributed by atoms with Gasteiger partial charge in [0.25, 0.3) is 5.91 Å². The standard InChI is InChI=1S/C20H26N4O3/c25-19-15-27-14-18(19)22-7-3-8-23(11-10-22)20(26)17-5-1-4-16(12-17)13-24-9-2-6-21-24/h1-2,4-6,9,12,18-19,25H,3,7-8,10-11,13-15H2/t18-,19-/m1/s1. The molecule has 2 atom stereocenters. The number of hydrogen-bond donors (Lipinski definition) is 1. The van der Waals surface area contributed by atoms with Crippen LogP contribution in [0.15, 0.2) is 42.7 Å². The Labute approximate surface area is 159 Å². The average molecular weight is 370 g/mol. The number of amides is 1. The first-order chi connectivity index (χ1) is 13.2. The summed E-state index contributed by atoms with van der Waals surface area (Å²) in [6, 6.07) is 9.74. The summed E-state index contributed by atoms with van der Waals surface area (Å²) in [6.07, 6.45) is 4.15. The summed E-state index contributed by atoms with van der Waals surface area (Å²) in [6.45, 7) is 4.70. The van der Waals surface area contributed by atoms with Crippen molar-refractivity contribution in [3.8, 4) is 0 Å². The minimum Gasteiger partial charge on any atom is -0.389 e. The van der Waals surface area contributed by atoms with Gasteiger partial charge < -0.3 is 14.7 Å². The molecule has 1 amide bonds. The van der Waals surface area contributed by atoms with Crippen LogP contribution in [-0.4, -0.2) is 82.1 Å². The highest BCUT2D eigenvalue weighted by atomic mass is 16.5. The number of nitrogens with zero attached hydrogens (tertiary/aromatic N) is 4. The van der Waals surface area contributed by atoms with Crippen LogP contribution in [0, 0.1) is 0 Å². The normalized spacial score (nSPS) is 24.1. The topological polar surface area (TPSA) is 70.8 Å². The second kappa shape index (κ2) is 8.21. The number of hydrogen-bond acceptors (Lipinski definition) is 5. The highest BCUT2D eigenvalue weighted by molar-refractivity contribution is 5.94. The molecule has 1 N–H and O–H groups in total. The van der Waals surface area contributed by atoms with Crippen LogP contribution in [0.4, 0.5) is 0 Å². The van der Waals surface area contributed by atoms with Gasteiger partial charge in [-0.2, -0.15) is 5.10 Å².